The maximum absolute atomic E-state index is 6.05. The Balaban J connectivity index is 1.65. The van der Waals surface area contributed by atoms with E-state index in [1.807, 2.05) is 24.3 Å². The summed E-state index contributed by atoms with van der Waals surface area (Å²) < 4.78 is 10.6. The van der Waals surface area contributed by atoms with Crippen molar-refractivity contribution in [2.45, 2.75) is 31.8 Å². The number of hydrogen-bond donors (Lipinski definition) is 2. The zero-order valence-corrected chi connectivity index (χ0v) is 15.4. The number of ether oxygens (including phenoxy) is 1. The number of guanidine groups is 1. The van der Waals surface area contributed by atoms with Crippen LogP contribution in [0.25, 0.3) is 0 Å². The third kappa shape index (κ3) is 5.02. The number of furan rings is 1. The molecule has 0 amide bonds. The number of piperidine rings is 1. The minimum Gasteiger partial charge on any atom is -0.497 e. The number of hydrogen-bond acceptors (Lipinski definition) is 4. The molecule has 6 heteroatoms. The molecule has 1 atom stereocenters. The molecule has 0 unspecified atom stereocenters. The number of nitrogens with one attached hydrogen (secondary N) is 1. The first-order valence-corrected chi connectivity index (χ1v) is 9.20. The summed E-state index contributed by atoms with van der Waals surface area (Å²) in [6.45, 7) is 3.40. The lowest BCUT2D eigenvalue weighted by Crippen LogP contribution is -2.42. The molecular formula is C20H28N4O2. The standard InChI is InChI=1S/C20H28N4O2/c1-25-17-9-7-16(8-10-17)19(24-11-3-2-4-12-24)15-23-20(21)22-14-18-6-5-13-26-18/h5-10,13,19H,2-4,11-12,14-15H2,1H3,(H3,21,22,23)/t19-/m0/s1. The fourth-order valence-corrected chi connectivity index (χ4v) is 3.34. The van der Waals surface area contributed by atoms with Crippen LogP contribution in [0, 0.1) is 0 Å². The minimum absolute atomic E-state index is 0.263. The van der Waals surface area contributed by atoms with Gasteiger partial charge in [0.15, 0.2) is 5.96 Å². The Kier molecular flexibility index (Phi) is 6.55. The Morgan fingerprint density at radius 1 is 1.23 bits per heavy atom. The highest BCUT2D eigenvalue weighted by atomic mass is 16.5. The molecule has 0 radical (unpaired) electrons. The van der Waals surface area contributed by atoms with E-state index in [-0.39, 0.29) is 6.04 Å². The Morgan fingerprint density at radius 3 is 2.65 bits per heavy atom. The van der Waals surface area contributed by atoms with E-state index in [9.17, 15) is 0 Å². The van der Waals surface area contributed by atoms with Gasteiger partial charge in [-0.25, -0.2) is 4.99 Å². The van der Waals surface area contributed by atoms with Gasteiger partial charge in [-0.2, -0.15) is 0 Å². The zero-order chi connectivity index (χ0) is 18.2. The van der Waals surface area contributed by atoms with Crippen LogP contribution >= 0.6 is 0 Å². The Labute approximate surface area is 155 Å². The molecule has 1 fully saturated rings. The first-order valence-electron chi connectivity index (χ1n) is 9.20. The number of nitrogens with zero attached hydrogens (tertiary/aromatic N) is 2. The van der Waals surface area contributed by atoms with Gasteiger partial charge < -0.3 is 20.2 Å². The van der Waals surface area contributed by atoms with E-state index in [0.717, 1.165) is 31.1 Å². The zero-order valence-electron chi connectivity index (χ0n) is 15.4. The van der Waals surface area contributed by atoms with Gasteiger partial charge in [-0.1, -0.05) is 18.6 Å². The number of benzene rings is 1. The van der Waals surface area contributed by atoms with Crippen LogP contribution in [0.15, 0.2) is 52.1 Å². The van der Waals surface area contributed by atoms with Crippen LogP contribution in [0.2, 0.25) is 0 Å². The molecule has 0 bridgehead atoms. The second kappa shape index (κ2) is 9.29. The van der Waals surface area contributed by atoms with Crippen molar-refractivity contribution >= 4 is 5.96 Å². The fraction of sp³-hybridized carbons (Fsp3) is 0.450. The number of methoxy groups -OCH3 is 1. The molecule has 1 aromatic heterocycles. The summed E-state index contributed by atoms with van der Waals surface area (Å²) in [5.74, 6) is 2.12. The molecule has 2 aromatic rings. The second-order valence-corrected chi connectivity index (χ2v) is 6.55. The van der Waals surface area contributed by atoms with Crippen molar-refractivity contribution in [2.24, 2.45) is 10.7 Å². The van der Waals surface area contributed by atoms with Gasteiger partial charge in [-0.05, 0) is 55.8 Å². The Hall–Kier alpha value is -2.47. The molecule has 1 aliphatic heterocycles. The minimum atomic E-state index is 0.263. The van der Waals surface area contributed by atoms with Crippen molar-refractivity contribution in [3.05, 3.63) is 54.0 Å². The molecule has 3 N–H and O–H groups in total. The van der Waals surface area contributed by atoms with Crippen molar-refractivity contribution in [2.75, 3.05) is 26.7 Å². The first kappa shape index (κ1) is 18.3. The molecule has 6 nitrogen and oxygen atoms in total. The summed E-state index contributed by atoms with van der Waals surface area (Å²) in [5.41, 5.74) is 7.31. The van der Waals surface area contributed by atoms with E-state index >= 15 is 0 Å². The summed E-state index contributed by atoms with van der Waals surface area (Å²) >= 11 is 0. The summed E-state index contributed by atoms with van der Waals surface area (Å²) in [6, 6.07) is 12.3. The first-order chi connectivity index (χ1) is 12.8. The van der Waals surface area contributed by atoms with Crippen molar-refractivity contribution in [3.8, 4) is 5.75 Å². The van der Waals surface area contributed by atoms with Crippen LogP contribution in [-0.2, 0) is 6.54 Å². The smallest absolute Gasteiger partial charge is 0.189 e. The van der Waals surface area contributed by atoms with Crippen molar-refractivity contribution in [3.63, 3.8) is 0 Å². The van der Waals surface area contributed by atoms with Crippen LogP contribution in [0.4, 0.5) is 0 Å². The van der Waals surface area contributed by atoms with Crippen LogP contribution in [0.5, 0.6) is 5.75 Å². The summed E-state index contributed by atoms with van der Waals surface area (Å²) in [7, 11) is 1.69. The van der Waals surface area contributed by atoms with Gasteiger partial charge in [0, 0.05) is 6.54 Å². The average Bonchev–Trinajstić information content (AvgIpc) is 3.21. The van der Waals surface area contributed by atoms with E-state index in [1.165, 1.54) is 24.8 Å². The summed E-state index contributed by atoms with van der Waals surface area (Å²) in [4.78, 5) is 6.88. The molecule has 140 valence electrons. The van der Waals surface area contributed by atoms with Crippen LogP contribution in [-0.4, -0.2) is 37.6 Å². The normalized spacial score (nSPS) is 17.0. The van der Waals surface area contributed by atoms with Gasteiger partial charge in [0.2, 0.25) is 0 Å². The van der Waals surface area contributed by atoms with E-state index in [4.69, 9.17) is 14.9 Å². The number of aliphatic imine (C=N–C) groups is 1. The molecule has 3 rings (SSSR count). The molecular weight excluding hydrogens is 328 g/mol. The Bertz CT molecular complexity index is 676. The van der Waals surface area contributed by atoms with E-state index < -0.39 is 0 Å². The van der Waals surface area contributed by atoms with Crippen molar-refractivity contribution in [1.29, 1.82) is 0 Å². The lowest BCUT2D eigenvalue weighted by molar-refractivity contribution is 0.164. The summed E-state index contributed by atoms with van der Waals surface area (Å²) in [6.07, 6.45) is 5.44. The fourth-order valence-electron chi connectivity index (χ4n) is 3.34. The van der Waals surface area contributed by atoms with E-state index in [0.29, 0.717) is 12.5 Å². The topological polar surface area (TPSA) is 76.0 Å². The lowest BCUT2D eigenvalue weighted by Gasteiger charge is -2.35. The van der Waals surface area contributed by atoms with Crippen LogP contribution < -0.4 is 15.8 Å². The highest BCUT2D eigenvalue weighted by molar-refractivity contribution is 5.77. The summed E-state index contributed by atoms with van der Waals surface area (Å²) in [5, 5.41) is 3.28. The molecule has 0 aliphatic carbocycles. The van der Waals surface area contributed by atoms with Gasteiger partial charge in [0.05, 0.1) is 19.4 Å². The van der Waals surface area contributed by atoms with Crippen molar-refractivity contribution in [1.82, 2.24) is 10.2 Å². The third-order valence-electron chi connectivity index (χ3n) is 4.79. The van der Waals surface area contributed by atoms with E-state index in [2.05, 4.69) is 27.3 Å². The number of likely N-dealkylation sites (tertiary alicyclic amines) is 1. The molecule has 2 heterocycles. The maximum Gasteiger partial charge on any atom is 0.189 e. The number of nitrogens with two attached hydrogens (primary N) is 1. The quantitative estimate of drug-likeness (QED) is 0.589. The van der Waals surface area contributed by atoms with E-state index in [1.54, 1.807) is 13.4 Å². The highest BCUT2D eigenvalue weighted by Gasteiger charge is 2.22. The van der Waals surface area contributed by atoms with Gasteiger partial charge in [-0.15, -0.1) is 0 Å². The average molecular weight is 356 g/mol. The predicted octanol–water partition coefficient (Wildman–Crippen LogP) is 2.92. The molecule has 0 spiro atoms. The molecule has 1 aliphatic rings. The van der Waals surface area contributed by atoms with Gasteiger partial charge >= 0.3 is 0 Å². The molecule has 1 saturated heterocycles. The molecule has 1 aromatic carbocycles. The predicted molar refractivity (Wildman–Crippen MR) is 103 cm³/mol. The number of rotatable bonds is 7. The lowest BCUT2D eigenvalue weighted by atomic mass is 10.0. The van der Waals surface area contributed by atoms with Gasteiger partial charge in [0.1, 0.15) is 18.1 Å². The Morgan fingerprint density at radius 2 is 2.00 bits per heavy atom. The molecule has 26 heavy (non-hydrogen) atoms. The SMILES string of the molecule is COc1ccc([C@H](CNC(N)=NCc2ccco2)N2CCCCC2)cc1. The van der Waals surface area contributed by atoms with Crippen molar-refractivity contribution < 1.29 is 9.15 Å². The van der Waals surface area contributed by atoms with Crippen LogP contribution in [0.3, 0.4) is 0 Å². The van der Waals surface area contributed by atoms with Crippen LogP contribution in [0.1, 0.15) is 36.6 Å². The highest BCUT2D eigenvalue weighted by Crippen LogP contribution is 2.25. The largest absolute Gasteiger partial charge is 0.497 e. The monoisotopic (exact) mass is 356 g/mol. The third-order valence-corrected chi connectivity index (χ3v) is 4.79. The second-order valence-electron chi connectivity index (χ2n) is 6.55. The van der Waals surface area contributed by atoms with Gasteiger partial charge in [0.25, 0.3) is 0 Å². The van der Waals surface area contributed by atoms with Gasteiger partial charge in [-0.3, -0.25) is 4.90 Å². The molecule has 0 saturated carbocycles. The maximum atomic E-state index is 6.05.